The number of nitrogens with zero attached hydrogens (tertiary/aromatic N) is 1. The number of carbonyl (C=O) groups excluding carboxylic acids is 1. The first-order valence-electron chi connectivity index (χ1n) is 6.56. The maximum Gasteiger partial charge on any atom is 0.319 e. The van der Waals surface area contributed by atoms with E-state index >= 15 is 0 Å². The Morgan fingerprint density at radius 2 is 1.86 bits per heavy atom. The normalized spacial score (nSPS) is 11.4. The molecular weight excluding hydrogens is 282 g/mol. The third-order valence-electron chi connectivity index (χ3n) is 2.85. The molecule has 0 saturated carbocycles. The van der Waals surface area contributed by atoms with Gasteiger partial charge in [0.1, 0.15) is 11.9 Å². The first-order valence-corrected chi connectivity index (χ1v) is 7.44. The quantitative estimate of drug-likeness (QED) is 0.622. The van der Waals surface area contributed by atoms with Gasteiger partial charge in [0.05, 0.1) is 11.6 Å². The van der Waals surface area contributed by atoms with E-state index in [2.05, 4.69) is 6.07 Å². The van der Waals surface area contributed by atoms with Crippen molar-refractivity contribution in [3.05, 3.63) is 65.7 Å². The van der Waals surface area contributed by atoms with Crippen molar-refractivity contribution in [2.75, 3.05) is 0 Å². The highest BCUT2D eigenvalue weighted by Gasteiger charge is 2.15. The van der Waals surface area contributed by atoms with Crippen molar-refractivity contribution < 1.29 is 9.53 Å². The van der Waals surface area contributed by atoms with Crippen LogP contribution in [0.1, 0.15) is 18.1 Å². The number of esters is 1. The number of ether oxygens (including phenoxy) is 1. The fourth-order valence-electron chi connectivity index (χ4n) is 1.70. The molecule has 2 aromatic rings. The van der Waals surface area contributed by atoms with Crippen LogP contribution in [0, 0.1) is 11.3 Å². The second-order valence-electron chi connectivity index (χ2n) is 4.49. The van der Waals surface area contributed by atoms with Crippen molar-refractivity contribution in [1.82, 2.24) is 0 Å². The fraction of sp³-hybridized carbons (Fsp3) is 0.176. The van der Waals surface area contributed by atoms with Crippen molar-refractivity contribution >= 4 is 17.7 Å². The van der Waals surface area contributed by atoms with Gasteiger partial charge < -0.3 is 4.74 Å². The Kier molecular flexibility index (Phi) is 5.42. The molecule has 3 nitrogen and oxygen atoms in total. The lowest BCUT2D eigenvalue weighted by atomic mass is 10.2. The molecule has 0 bridgehead atoms. The summed E-state index contributed by atoms with van der Waals surface area (Å²) >= 11 is 1.48. The van der Waals surface area contributed by atoms with E-state index in [0.717, 1.165) is 10.5 Å². The number of benzene rings is 2. The van der Waals surface area contributed by atoms with Crippen molar-refractivity contribution in [3.63, 3.8) is 0 Å². The number of rotatable bonds is 5. The molecule has 0 saturated heterocycles. The molecule has 0 unspecified atom stereocenters. The van der Waals surface area contributed by atoms with Crippen molar-refractivity contribution in [3.8, 4) is 6.07 Å². The molecular formula is C17H15NO2S. The van der Waals surface area contributed by atoms with Crippen LogP contribution in [0.25, 0.3) is 0 Å². The lowest BCUT2D eigenvalue weighted by Crippen LogP contribution is -2.16. The molecule has 0 fully saturated rings. The van der Waals surface area contributed by atoms with Crippen LogP contribution in [0.4, 0.5) is 0 Å². The Morgan fingerprint density at radius 1 is 1.19 bits per heavy atom. The zero-order chi connectivity index (χ0) is 15.1. The molecule has 106 valence electrons. The number of nitriles is 1. The van der Waals surface area contributed by atoms with E-state index in [-0.39, 0.29) is 17.8 Å². The predicted octanol–water partition coefficient (Wildman–Crippen LogP) is 3.78. The molecule has 0 amide bonds. The smallest absolute Gasteiger partial charge is 0.319 e. The topological polar surface area (TPSA) is 50.1 Å². The Labute approximate surface area is 128 Å². The summed E-state index contributed by atoms with van der Waals surface area (Å²) in [6.07, 6.45) is 0. The predicted molar refractivity (Wildman–Crippen MR) is 82.7 cm³/mol. The fourth-order valence-corrected chi connectivity index (χ4v) is 2.59. The van der Waals surface area contributed by atoms with Gasteiger partial charge >= 0.3 is 5.97 Å². The Bertz CT molecular complexity index is 632. The third kappa shape index (κ3) is 4.66. The van der Waals surface area contributed by atoms with Crippen molar-refractivity contribution in [1.29, 1.82) is 5.26 Å². The summed E-state index contributed by atoms with van der Waals surface area (Å²) in [5, 5.41) is 8.46. The summed E-state index contributed by atoms with van der Waals surface area (Å²) in [5.41, 5.74) is 1.47. The highest BCUT2D eigenvalue weighted by molar-refractivity contribution is 8.00. The standard InChI is InChI=1S/C17H15NO2S/c1-13(21-16-5-3-2-4-6-16)17(19)20-12-15-9-7-14(11-18)8-10-15/h2-10,13H,12H2,1H3/t13-/m0/s1. The summed E-state index contributed by atoms with van der Waals surface area (Å²) in [6.45, 7) is 2.06. The molecule has 0 aliphatic rings. The van der Waals surface area contributed by atoms with Crippen LogP contribution in [0.15, 0.2) is 59.5 Å². The molecule has 0 N–H and O–H groups in total. The highest BCUT2D eigenvalue weighted by atomic mass is 32.2. The Balaban J connectivity index is 1.84. The van der Waals surface area contributed by atoms with E-state index in [1.54, 1.807) is 24.3 Å². The van der Waals surface area contributed by atoms with Gasteiger partial charge in [0, 0.05) is 4.90 Å². The maximum atomic E-state index is 11.9. The van der Waals surface area contributed by atoms with Crippen molar-refractivity contribution in [2.24, 2.45) is 0 Å². The minimum atomic E-state index is -0.259. The zero-order valence-corrected chi connectivity index (χ0v) is 12.5. The molecule has 2 rings (SSSR count). The monoisotopic (exact) mass is 297 g/mol. The average molecular weight is 297 g/mol. The summed E-state index contributed by atoms with van der Waals surface area (Å²) in [7, 11) is 0. The molecule has 21 heavy (non-hydrogen) atoms. The number of hydrogen-bond donors (Lipinski definition) is 0. The molecule has 0 heterocycles. The molecule has 4 heteroatoms. The van der Waals surface area contributed by atoms with Crippen LogP contribution in [-0.2, 0) is 16.1 Å². The first kappa shape index (κ1) is 15.1. The van der Waals surface area contributed by atoms with Crippen molar-refractivity contribution in [2.45, 2.75) is 23.7 Å². The van der Waals surface area contributed by atoms with E-state index in [4.69, 9.17) is 10.00 Å². The third-order valence-corrected chi connectivity index (χ3v) is 3.94. The molecule has 2 aromatic carbocycles. The minimum Gasteiger partial charge on any atom is -0.460 e. The number of hydrogen-bond acceptors (Lipinski definition) is 4. The van der Waals surface area contributed by atoms with Crippen LogP contribution in [0.3, 0.4) is 0 Å². The van der Waals surface area contributed by atoms with Gasteiger partial charge in [0.2, 0.25) is 0 Å². The van der Waals surface area contributed by atoms with Crippen LogP contribution in [0.2, 0.25) is 0 Å². The molecule has 0 aliphatic carbocycles. The van der Waals surface area contributed by atoms with E-state index in [9.17, 15) is 4.79 Å². The van der Waals surface area contributed by atoms with Crippen LogP contribution in [-0.4, -0.2) is 11.2 Å². The molecule has 0 radical (unpaired) electrons. The minimum absolute atomic E-state index is 0.226. The van der Waals surface area contributed by atoms with Crippen LogP contribution >= 0.6 is 11.8 Å². The molecule has 1 atom stereocenters. The largest absolute Gasteiger partial charge is 0.460 e. The van der Waals surface area contributed by atoms with Gasteiger partial charge in [-0.3, -0.25) is 4.79 Å². The van der Waals surface area contributed by atoms with E-state index in [0.29, 0.717) is 5.56 Å². The van der Waals surface area contributed by atoms with Gasteiger partial charge in [-0.2, -0.15) is 5.26 Å². The summed E-state index contributed by atoms with van der Waals surface area (Å²) in [4.78, 5) is 13.0. The van der Waals surface area contributed by atoms with Gasteiger partial charge in [0.15, 0.2) is 0 Å². The average Bonchev–Trinajstić information content (AvgIpc) is 2.54. The lowest BCUT2D eigenvalue weighted by molar-refractivity contribution is -0.143. The highest BCUT2D eigenvalue weighted by Crippen LogP contribution is 2.23. The van der Waals surface area contributed by atoms with Crippen LogP contribution < -0.4 is 0 Å². The first-order chi connectivity index (χ1) is 10.2. The summed E-state index contributed by atoms with van der Waals surface area (Å²) < 4.78 is 5.29. The van der Waals surface area contributed by atoms with Gasteiger partial charge in [0.25, 0.3) is 0 Å². The molecule has 0 aliphatic heterocycles. The van der Waals surface area contributed by atoms with Gasteiger partial charge in [-0.05, 0) is 36.8 Å². The van der Waals surface area contributed by atoms with Gasteiger partial charge in [-0.25, -0.2) is 0 Å². The Hall–Kier alpha value is -2.25. The zero-order valence-electron chi connectivity index (χ0n) is 11.7. The van der Waals surface area contributed by atoms with E-state index < -0.39 is 0 Å². The molecule has 0 spiro atoms. The SMILES string of the molecule is C[C@H](Sc1ccccc1)C(=O)OCc1ccc(C#N)cc1. The van der Waals surface area contributed by atoms with E-state index in [1.807, 2.05) is 37.3 Å². The molecule has 0 aromatic heterocycles. The summed E-state index contributed by atoms with van der Waals surface area (Å²) in [5.74, 6) is -0.242. The summed E-state index contributed by atoms with van der Waals surface area (Å²) in [6, 6.07) is 18.8. The van der Waals surface area contributed by atoms with E-state index in [1.165, 1.54) is 11.8 Å². The Morgan fingerprint density at radius 3 is 2.48 bits per heavy atom. The lowest BCUT2D eigenvalue weighted by Gasteiger charge is -2.11. The van der Waals surface area contributed by atoms with Gasteiger partial charge in [-0.1, -0.05) is 30.3 Å². The van der Waals surface area contributed by atoms with Gasteiger partial charge in [-0.15, -0.1) is 11.8 Å². The van der Waals surface area contributed by atoms with Crippen LogP contribution in [0.5, 0.6) is 0 Å². The number of carbonyl (C=O) groups is 1. The second-order valence-corrected chi connectivity index (χ2v) is 5.90. The number of thioether (sulfide) groups is 1. The second kappa shape index (κ2) is 7.51. The maximum absolute atomic E-state index is 11.9.